The Balaban J connectivity index is 1.35. The molecule has 0 aromatic heterocycles. The number of likely N-dealkylation sites (tertiary alicyclic amines) is 1. The number of benzene rings is 3. The molecule has 1 N–H and O–H groups in total. The van der Waals surface area contributed by atoms with Gasteiger partial charge in [-0.15, -0.1) is 0 Å². The zero-order valence-electron chi connectivity index (χ0n) is 21.6. The van der Waals surface area contributed by atoms with Crippen molar-refractivity contribution in [2.24, 2.45) is 5.41 Å². The number of hydrogen-bond donors (Lipinski definition) is 1. The van der Waals surface area contributed by atoms with Crippen LogP contribution in [-0.4, -0.2) is 38.1 Å². The summed E-state index contributed by atoms with van der Waals surface area (Å²) in [5, 5.41) is 2.96. The molecule has 3 aromatic rings. The number of carbonyl (C=O) groups is 1. The van der Waals surface area contributed by atoms with Gasteiger partial charge >= 0.3 is 0 Å². The molecule has 0 spiro atoms. The SMILES string of the molecule is CCS(=O)(=O)c1ccc(CC(=O)Nc2ccc(C3CN(Cc4ccc(C)cc4)CC3(C)C)cc2)cc1. The summed E-state index contributed by atoms with van der Waals surface area (Å²) >= 11 is 0. The van der Waals surface area contributed by atoms with Crippen LogP contribution in [0.4, 0.5) is 5.69 Å². The highest BCUT2D eigenvalue weighted by molar-refractivity contribution is 7.91. The molecule has 190 valence electrons. The van der Waals surface area contributed by atoms with Crippen LogP contribution >= 0.6 is 0 Å². The van der Waals surface area contributed by atoms with E-state index in [1.807, 2.05) is 12.1 Å². The van der Waals surface area contributed by atoms with E-state index in [2.05, 4.69) is 67.4 Å². The van der Waals surface area contributed by atoms with Crippen molar-refractivity contribution in [1.29, 1.82) is 0 Å². The fourth-order valence-corrected chi connectivity index (χ4v) is 5.94. The van der Waals surface area contributed by atoms with Crippen LogP contribution in [0, 0.1) is 12.3 Å². The van der Waals surface area contributed by atoms with E-state index in [4.69, 9.17) is 0 Å². The van der Waals surface area contributed by atoms with Crippen molar-refractivity contribution in [3.63, 3.8) is 0 Å². The van der Waals surface area contributed by atoms with Crippen LogP contribution in [0.3, 0.4) is 0 Å². The van der Waals surface area contributed by atoms with E-state index in [9.17, 15) is 13.2 Å². The number of rotatable bonds is 8. The van der Waals surface area contributed by atoms with E-state index in [1.165, 1.54) is 16.7 Å². The second kappa shape index (κ2) is 10.6. The molecule has 1 saturated heterocycles. The standard InChI is InChI=1S/C30H36N2O3S/c1-5-36(34,35)27-16-10-23(11-17-27)18-29(33)31-26-14-12-25(13-15-26)28-20-32(21-30(28,3)4)19-24-8-6-22(2)7-9-24/h6-17,28H,5,18-21H2,1-4H3,(H,31,33). The van der Waals surface area contributed by atoms with Gasteiger partial charge in [0.05, 0.1) is 17.1 Å². The molecular weight excluding hydrogens is 468 g/mol. The van der Waals surface area contributed by atoms with Crippen molar-refractivity contribution < 1.29 is 13.2 Å². The van der Waals surface area contributed by atoms with Gasteiger partial charge in [0.1, 0.15) is 0 Å². The molecule has 1 aliphatic heterocycles. The summed E-state index contributed by atoms with van der Waals surface area (Å²) < 4.78 is 23.9. The number of sulfone groups is 1. The minimum absolute atomic E-state index is 0.0612. The number of hydrogen-bond acceptors (Lipinski definition) is 4. The Morgan fingerprint density at radius 1 is 0.944 bits per heavy atom. The lowest BCUT2D eigenvalue weighted by Crippen LogP contribution is -2.23. The Labute approximate surface area is 215 Å². The molecule has 1 amide bonds. The predicted molar refractivity (Wildman–Crippen MR) is 146 cm³/mol. The third-order valence-electron chi connectivity index (χ3n) is 7.17. The lowest BCUT2D eigenvalue weighted by Gasteiger charge is -2.26. The van der Waals surface area contributed by atoms with Crippen LogP contribution < -0.4 is 5.32 Å². The van der Waals surface area contributed by atoms with Crippen LogP contribution in [-0.2, 0) is 27.6 Å². The van der Waals surface area contributed by atoms with Gasteiger partial charge in [-0.25, -0.2) is 8.42 Å². The number of nitrogens with zero attached hydrogens (tertiary/aromatic N) is 1. The lowest BCUT2D eigenvalue weighted by molar-refractivity contribution is -0.115. The molecule has 0 saturated carbocycles. The summed E-state index contributed by atoms with van der Waals surface area (Å²) in [4.78, 5) is 15.4. The third kappa shape index (κ3) is 6.23. The maximum absolute atomic E-state index is 12.6. The van der Waals surface area contributed by atoms with Crippen molar-refractivity contribution in [3.8, 4) is 0 Å². The summed E-state index contributed by atoms with van der Waals surface area (Å²) in [6.45, 7) is 11.4. The van der Waals surface area contributed by atoms with Crippen LogP contribution in [0.25, 0.3) is 0 Å². The van der Waals surface area contributed by atoms with Gasteiger partial charge in [0.2, 0.25) is 5.91 Å². The van der Waals surface area contributed by atoms with Crippen LogP contribution in [0.2, 0.25) is 0 Å². The minimum atomic E-state index is -3.24. The number of aryl methyl sites for hydroxylation is 1. The van der Waals surface area contributed by atoms with Gasteiger partial charge in [-0.1, -0.05) is 74.9 Å². The van der Waals surface area contributed by atoms with Gasteiger partial charge in [0.25, 0.3) is 0 Å². The fraction of sp³-hybridized carbons (Fsp3) is 0.367. The molecule has 3 aromatic carbocycles. The molecule has 1 heterocycles. The molecule has 1 aliphatic rings. The largest absolute Gasteiger partial charge is 0.326 e. The molecular formula is C30H36N2O3S. The van der Waals surface area contributed by atoms with Crippen molar-refractivity contribution in [3.05, 3.63) is 95.1 Å². The van der Waals surface area contributed by atoms with Crippen LogP contribution in [0.15, 0.2) is 77.7 Å². The molecule has 5 nitrogen and oxygen atoms in total. The smallest absolute Gasteiger partial charge is 0.228 e. The van der Waals surface area contributed by atoms with Crippen molar-refractivity contribution in [2.75, 3.05) is 24.2 Å². The molecule has 1 fully saturated rings. The third-order valence-corrected chi connectivity index (χ3v) is 8.92. The molecule has 1 unspecified atom stereocenters. The summed E-state index contributed by atoms with van der Waals surface area (Å²) in [5.41, 5.74) is 5.62. The molecule has 0 radical (unpaired) electrons. The number of nitrogens with one attached hydrogen (secondary N) is 1. The van der Waals surface area contributed by atoms with Gasteiger partial charge in [0.15, 0.2) is 9.84 Å². The second-order valence-electron chi connectivity index (χ2n) is 10.6. The van der Waals surface area contributed by atoms with E-state index in [-0.39, 0.29) is 28.4 Å². The van der Waals surface area contributed by atoms with Crippen LogP contribution in [0.1, 0.15) is 48.9 Å². The molecule has 6 heteroatoms. The van der Waals surface area contributed by atoms with Gasteiger partial charge in [-0.2, -0.15) is 0 Å². The molecule has 4 rings (SSSR count). The Hall–Kier alpha value is -2.96. The predicted octanol–water partition coefficient (Wildman–Crippen LogP) is 5.60. The Morgan fingerprint density at radius 2 is 1.56 bits per heavy atom. The first-order chi connectivity index (χ1) is 17.1. The number of amides is 1. The average molecular weight is 505 g/mol. The first-order valence-electron chi connectivity index (χ1n) is 12.5. The zero-order valence-corrected chi connectivity index (χ0v) is 22.4. The van der Waals surface area contributed by atoms with Crippen molar-refractivity contribution >= 4 is 21.4 Å². The van der Waals surface area contributed by atoms with Gasteiger partial charge < -0.3 is 5.32 Å². The number of anilines is 1. The normalized spacial score (nSPS) is 17.7. The molecule has 36 heavy (non-hydrogen) atoms. The van der Waals surface area contributed by atoms with Gasteiger partial charge in [-0.05, 0) is 53.3 Å². The highest BCUT2D eigenvalue weighted by Crippen LogP contribution is 2.43. The Kier molecular flexibility index (Phi) is 7.67. The molecule has 1 atom stereocenters. The minimum Gasteiger partial charge on any atom is -0.326 e. The highest BCUT2D eigenvalue weighted by atomic mass is 32.2. The quantitative estimate of drug-likeness (QED) is 0.434. The average Bonchev–Trinajstić information content (AvgIpc) is 3.15. The van der Waals surface area contributed by atoms with Gasteiger partial charge in [0, 0.05) is 31.2 Å². The van der Waals surface area contributed by atoms with E-state index >= 15 is 0 Å². The van der Waals surface area contributed by atoms with Crippen LogP contribution in [0.5, 0.6) is 0 Å². The Bertz CT molecular complexity index is 1300. The fourth-order valence-electron chi connectivity index (χ4n) is 5.06. The lowest BCUT2D eigenvalue weighted by atomic mass is 9.78. The number of carbonyl (C=O) groups excluding carboxylic acids is 1. The summed E-state index contributed by atoms with van der Waals surface area (Å²) in [5.74, 6) is 0.357. The maximum Gasteiger partial charge on any atom is 0.228 e. The van der Waals surface area contributed by atoms with Gasteiger partial charge in [-0.3, -0.25) is 9.69 Å². The first-order valence-corrected chi connectivity index (χ1v) is 14.2. The van der Waals surface area contributed by atoms with Crippen molar-refractivity contribution in [2.45, 2.75) is 51.5 Å². The van der Waals surface area contributed by atoms with E-state index in [1.54, 1.807) is 31.2 Å². The van der Waals surface area contributed by atoms with E-state index in [0.717, 1.165) is 30.9 Å². The monoisotopic (exact) mass is 504 g/mol. The second-order valence-corrected chi connectivity index (χ2v) is 12.9. The maximum atomic E-state index is 12.6. The summed E-state index contributed by atoms with van der Waals surface area (Å²) in [7, 11) is -3.24. The zero-order chi connectivity index (χ0) is 25.9. The molecule has 0 bridgehead atoms. The summed E-state index contributed by atoms with van der Waals surface area (Å²) in [6, 6.07) is 23.5. The van der Waals surface area contributed by atoms with E-state index in [0.29, 0.717) is 5.92 Å². The summed E-state index contributed by atoms with van der Waals surface area (Å²) in [6.07, 6.45) is 0.192. The topological polar surface area (TPSA) is 66.5 Å². The highest BCUT2D eigenvalue weighted by Gasteiger charge is 2.39. The van der Waals surface area contributed by atoms with Crippen molar-refractivity contribution in [1.82, 2.24) is 4.90 Å². The van der Waals surface area contributed by atoms with E-state index < -0.39 is 9.84 Å². The molecule has 0 aliphatic carbocycles. The first kappa shape index (κ1) is 26.1. The Morgan fingerprint density at radius 3 is 2.17 bits per heavy atom.